The van der Waals surface area contributed by atoms with Gasteiger partial charge in [0.25, 0.3) is 0 Å². The van der Waals surface area contributed by atoms with E-state index in [1.54, 1.807) is 0 Å². The second-order valence-corrected chi connectivity index (χ2v) is 5.12. The van der Waals surface area contributed by atoms with E-state index in [2.05, 4.69) is 37.9 Å². The molecule has 0 aliphatic heterocycles. The molecule has 23 heavy (non-hydrogen) atoms. The fourth-order valence-electron chi connectivity index (χ4n) is 2.22. The molecule has 0 spiro atoms. The zero-order chi connectivity index (χ0) is 15.8. The first-order valence-corrected chi connectivity index (χ1v) is 7.86. The Bertz CT molecular complexity index is 510. The number of rotatable bonds is 7. The van der Waals surface area contributed by atoms with Crippen LogP contribution in [0.2, 0.25) is 0 Å². The van der Waals surface area contributed by atoms with Gasteiger partial charge in [-0.2, -0.15) is 4.98 Å². The van der Waals surface area contributed by atoms with Gasteiger partial charge in [-0.1, -0.05) is 17.3 Å². The monoisotopic (exact) mass is 435 g/mol. The van der Waals surface area contributed by atoms with E-state index in [9.17, 15) is 0 Å². The first-order valence-electron chi connectivity index (χ1n) is 7.86. The molecule has 1 aromatic rings. The molecule has 1 unspecified atom stereocenters. The van der Waals surface area contributed by atoms with E-state index in [4.69, 9.17) is 9.26 Å². The fraction of sp³-hybridized carbons (Fsp3) is 0.667. The Balaban J connectivity index is 0.00000264. The molecule has 8 heteroatoms. The third-order valence-electron chi connectivity index (χ3n) is 3.33. The van der Waals surface area contributed by atoms with Crippen molar-refractivity contribution in [3.05, 3.63) is 23.9 Å². The van der Waals surface area contributed by atoms with Gasteiger partial charge in [0.05, 0.1) is 0 Å². The van der Waals surface area contributed by atoms with Crippen molar-refractivity contribution in [2.24, 2.45) is 4.99 Å². The lowest BCUT2D eigenvalue weighted by Gasteiger charge is -2.16. The molecular formula is C15H26IN5O2. The highest BCUT2D eigenvalue weighted by atomic mass is 127. The SMILES string of the molecule is CCNC(=NCc1nc(C(C)OCC)no1)NC1CC=CC1.I. The van der Waals surface area contributed by atoms with Crippen molar-refractivity contribution in [1.29, 1.82) is 0 Å². The van der Waals surface area contributed by atoms with Crippen molar-refractivity contribution in [2.45, 2.75) is 52.3 Å². The number of aliphatic imine (C=N–C) groups is 1. The van der Waals surface area contributed by atoms with Crippen molar-refractivity contribution in [2.75, 3.05) is 13.2 Å². The summed E-state index contributed by atoms with van der Waals surface area (Å²) in [5.74, 6) is 1.82. The van der Waals surface area contributed by atoms with Gasteiger partial charge in [-0.15, -0.1) is 24.0 Å². The van der Waals surface area contributed by atoms with Gasteiger partial charge in [-0.3, -0.25) is 0 Å². The number of nitrogens with zero attached hydrogens (tertiary/aromatic N) is 3. The predicted molar refractivity (Wildman–Crippen MR) is 99.9 cm³/mol. The maximum Gasteiger partial charge on any atom is 0.248 e. The topological polar surface area (TPSA) is 84.6 Å². The van der Waals surface area contributed by atoms with Crippen molar-refractivity contribution in [3.63, 3.8) is 0 Å². The lowest BCUT2D eigenvalue weighted by molar-refractivity contribution is 0.0683. The molecular weight excluding hydrogens is 409 g/mol. The molecule has 2 rings (SSSR count). The van der Waals surface area contributed by atoms with Crippen molar-refractivity contribution < 1.29 is 9.26 Å². The Morgan fingerprint density at radius 3 is 2.83 bits per heavy atom. The summed E-state index contributed by atoms with van der Waals surface area (Å²) >= 11 is 0. The molecule has 0 saturated heterocycles. The molecule has 0 amide bonds. The number of ether oxygens (including phenoxy) is 1. The van der Waals surface area contributed by atoms with Gasteiger partial charge in [0.2, 0.25) is 5.89 Å². The summed E-state index contributed by atoms with van der Waals surface area (Å²) in [5, 5.41) is 10.6. The number of nitrogens with one attached hydrogen (secondary N) is 2. The van der Waals surface area contributed by atoms with Crippen LogP contribution in [-0.4, -0.2) is 35.3 Å². The smallest absolute Gasteiger partial charge is 0.248 e. The Kier molecular flexibility index (Phi) is 9.15. The van der Waals surface area contributed by atoms with Crippen LogP contribution < -0.4 is 10.6 Å². The van der Waals surface area contributed by atoms with Crippen LogP contribution >= 0.6 is 24.0 Å². The van der Waals surface area contributed by atoms with Gasteiger partial charge >= 0.3 is 0 Å². The highest BCUT2D eigenvalue weighted by molar-refractivity contribution is 14.0. The van der Waals surface area contributed by atoms with Crippen LogP contribution in [0.1, 0.15) is 51.4 Å². The fourth-order valence-corrected chi connectivity index (χ4v) is 2.22. The largest absolute Gasteiger partial charge is 0.371 e. The molecule has 0 saturated carbocycles. The van der Waals surface area contributed by atoms with Gasteiger partial charge in [0.1, 0.15) is 12.6 Å². The van der Waals surface area contributed by atoms with Crippen LogP contribution in [0.15, 0.2) is 21.7 Å². The first-order chi connectivity index (χ1) is 10.7. The maximum absolute atomic E-state index is 5.44. The van der Waals surface area contributed by atoms with Crippen LogP contribution in [-0.2, 0) is 11.3 Å². The van der Waals surface area contributed by atoms with Gasteiger partial charge in [-0.25, -0.2) is 4.99 Å². The summed E-state index contributed by atoms with van der Waals surface area (Å²) in [5.41, 5.74) is 0. The van der Waals surface area contributed by atoms with Gasteiger partial charge in [0, 0.05) is 19.2 Å². The summed E-state index contributed by atoms with van der Waals surface area (Å²) in [6, 6.07) is 0.411. The van der Waals surface area contributed by atoms with E-state index in [1.165, 1.54) is 0 Å². The van der Waals surface area contributed by atoms with Crippen LogP contribution in [0.3, 0.4) is 0 Å². The zero-order valence-electron chi connectivity index (χ0n) is 13.9. The number of halogens is 1. The first kappa shape index (κ1) is 19.9. The van der Waals surface area contributed by atoms with Crippen molar-refractivity contribution in [1.82, 2.24) is 20.8 Å². The molecule has 1 aliphatic carbocycles. The molecule has 1 aliphatic rings. The van der Waals surface area contributed by atoms with E-state index in [-0.39, 0.29) is 30.1 Å². The maximum atomic E-state index is 5.44. The molecule has 130 valence electrons. The molecule has 0 bridgehead atoms. The third kappa shape index (κ3) is 6.46. The van der Waals surface area contributed by atoms with E-state index < -0.39 is 0 Å². The Morgan fingerprint density at radius 2 is 2.17 bits per heavy atom. The normalized spacial score (nSPS) is 16.2. The average Bonchev–Trinajstić information content (AvgIpc) is 3.17. The van der Waals surface area contributed by atoms with E-state index in [1.807, 2.05) is 20.8 Å². The summed E-state index contributed by atoms with van der Waals surface area (Å²) < 4.78 is 10.7. The van der Waals surface area contributed by atoms with Crippen LogP contribution in [0, 0.1) is 0 Å². The molecule has 0 radical (unpaired) electrons. The zero-order valence-corrected chi connectivity index (χ0v) is 16.2. The summed E-state index contributed by atoms with van der Waals surface area (Å²) in [6.45, 7) is 7.66. The molecule has 2 N–H and O–H groups in total. The summed E-state index contributed by atoms with van der Waals surface area (Å²) in [6.07, 6.45) is 6.26. The second kappa shape index (κ2) is 10.6. The molecule has 7 nitrogen and oxygen atoms in total. The quantitative estimate of drug-likeness (QED) is 0.297. The third-order valence-corrected chi connectivity index (χ3v) is 3.33. The second-order valence-electron chi connectivity index (χ2n) is 5.12. The minimum absolute atomic E-state index is 0. The Labute approximate surface area is 154 Å². The van der Waals surface area contributed by atoms with Crippen molar-refractivity contribution >= 4 is 29.9 Å². The minimum Gasteiger partial charge on any atom is -0.371 e. The molecule has 1 aromatic heterocycles. The summed E-state index contributed by atoms with van der Waals surface area (Å²) in [4.78, 5) is 8.81. The standard InChI is InChI=1S/C15H25N5O2.HI/c1-4-16-15(18-12-8-6-7-9-12)17-10-13-19-14(20-22-13)11(3)21-5-2;/h6-7,11-12H,4-5,8-10H2,1-3H3,(H2,16,17,18);1H. The van der Waals surface area contributed by atoms with Crippen LogP contribution in [0.25, 0.3) is 0 Å². The molecule has 0 fully saturated rings. The number of hydrogen-bond donors (Lipinski definition) is 2. The highest BCUT2D eigenvalue weighted by Crippen LogP contribution is 2.13. The van der Waals surface area contributed by atoms with Gasteiger partial charge < -0.3 is 19.9 Å². The van der Waals surface area contributed by atoms with Gasteiger partial charge in [-0.05, 0) is 33.6 Å². The van der Waals surface area contributed by atoms with E-state index in [0.717, 1.165) is 25.3 Å². The average molecular weight is 435 g/mol. The molecule has 1 atom stereocenters. The van der Waals surface area contributed by atoms with Crippen LogP contribution in [0.4, 0.5) is 0 Å². The highest BCUT2D eigenvalue weighted by Gasteiger charge is 2.14. The minimum atomic E-state index is -0.164. The molecule has 1 heterocycles. The van der Waals surface area contributed by atoms with E-state index >= 15 is 0 Å². The Hall–Kier alpha value is -1.16. The molecule has 0 aromatic carbocycles. The number of aromatic nitrogens is 2. The lowest BCUT2D eigenvalue weighted by Crippen LogP contribution is -2.42. The summed E-state index contributed by atoms with van der Waals surface area (Å²) in [7, 11) is 0. The number of guanidine groups is 1. The van der Waals surface area contributed by atoms with Crippen LogP contribution in [0.5, 0.6) is 0 Å². The van der Waals surface area contributed by atoms with Crippen molar-refractivity contribution in [3.8, 4) is 0 Å². The number of hydrogen-bond acceptors (Lipinski definition) is 5. The van der Waals surface area contributed by atoms with Gasteiger partial charge in [0.15, 0.2) is 11.8 Å². The lowest BCUT2D eigenvalue weighted by atomic mass is 10.2. The predicted octanol–water partition coefficient (Wildman–Crippen LogP) is 2.56. The van der Waals surface area contributed by atoms with E-state index in [0.29, 0.717) is 30.9 Å². The Morgan fingerprint density at radius 1 is 1.43 bits per heavy atom.